The van der Waals surface area contributed by atoms with Crippen LogP contribution < -0.4 is 0 Å². The Morgan fingerprint density at radius 2 is 2.03 bits per heavy atom. The Kier molecular flexibility index (Phi) is 5.51. The molecule has 0 aliphatic carbocycles. The quantitative estimate of drug-likeness (QED) is 0.522. The maximum absolute atomic E-state index is 12.5. The Morgan fingerprint density at radius 1 is 1.34 bits per heavy atom. The zero-order valence-electron chi connectivity index (χ0n) is 17.2. The summed E-state index contributed by atoms with van der Waals surface area (Å²) in [6.07, 6.45) is 0.890. The van der Waals surface area contributed by atoms with Crippen molar-refractivity contribution in [2.75, 3.05) is 13.2 Å². The largest absolute Gasteiger partial charge is 0.454 e. The van der Waals surface area contributed by atoms with Gasteiger partial charge in [0.05, 0.1) is 17.8 Å². The van der Waals surface area contributed by atoms with Gasteiger partial charge in [0.25, 0.3) is 0 Å². The molecule has 0 aromatic heterocycles. The highest BCUT2D eigenvalue weighted by molar-refractivity contribution is 5.95. The molecule has 3 rings (SSSR count). The van der Waals surface area contributed by atoms with E-state index in [-0.39, 0.29) is 36.4 Å². The summed E-state index contributed by atoms with van der Waals surface area (Å²) in [4.78, 5) is 24.8. The Balaban J connectivity index is 2.17. The molecule has 0 amide bonds. The third-order valence-corrected chi connectivity index (χ3v) is 5.63. The fourth-order valence-electron chi connectivity index (χ4n) is 3.89. The Morgan fingerprint density at radius 3 is 2.66 bits per heavy atom. The van der Waals surface area contributed by atoms with E-state index in [1.165, 1.54) is 13.8 Å². The minimum atomic E-state index is -1.85. The highest BCUT2D eigenvalue weighted by Gasteiger charge is 2.58. The van der Waals surface area contributed by atoms with Crippen LogP contribution in [0.25, 0.3) is 0 Å². The number of hydrogen-bond acceptors (Lipinski definition) is 8. The molecule has 160 valence electrons. The van der Waals surface area contributed by atoms with E-state index < -0.39 is 35.0 Å². The number of aliphatic hydroxyl groups is 2. The van der Waals surface area contributed by atoms with Gasteiger partial charge in [0.1, 0.15) is 17.5 Å². The molecular weight excluding hydrogens is 380 g/mol. The normalized spacial score (nSPS) is 36.6. The lowest BCUT2D eigenvalue weighted by Gasteiger charge is -2.40. The predicted molar refractivity (Wildman–Crippen MR) is 101 cm³/mol. The van der Waals surface area contributed by atoms with Gasteiger partial charge in [-0.3, -0.25) is 0 Å². The Hall–Kier alpha value is -2.00. The van der Waals surface area contributed by atoms with Crippen LogP contribution >= 0.6 is 0 Å². The van der Waals surface area contributed by atoms with Crippen molar-refractivity contribution in [2.45, 2.75) is 70.1 Å². The molecule has 0 radical (unpaired) electrons. The van der Waals surface area contributed by atoms with Gasteiger partial charge in [-0.25, -0.2) is 9.59 Å². The fraction of sp³-hybridized carbons (Fsp3) is 0.619. The van der Waals surface area contributed by atoms with Crippen molar-refractivity contribution in [3.05, 3.63) is 35.1 Å². The Bertz CT molecular complexity index is 807. The van der Waals surface area contributed by atoms with E-state index in [1.54, 1.807) is 19.9 Å². The van der Waals surface area contributed by atoms with E-state index in [0.29, 0.717) is 18.6 Å². The molecule has 8 heteroatoms. The SMILES string of the molecule is C=C(C)C(=O)O[C@@H]1C[C@@](C)(O)[C@@]2(O)CC[C@](C)(C=C3OC(=O)C(COCC)=C31)O2. The minimum Gasteiger partial charge on any atom is -0.454 e. The molecule has 0 aromatic rings. The van der Waals surface area contributed by atoms with Crippen molar-refractivity contribution in [2.24, 2.45) is 0 Å². The average molecular weight is 408 g/mol. The summed E-state index contributed by atoms with van der Waals surface area (Å²) >= 11 is 0. The lowest BCUT2D eigenvalue weighted by molar-refractivity contribution is -0.298. The molecule has 3 heterocycles. The summed E-state index contributed by atoms with van der Waals surface area (Å²) in [7, 11) is 0. The molecule has 29 heavy (non-hydrogen) atoms. The first-order valence-corrected chi connectivity index (χ1v) is 9.69. The summed E-state index contributed by atoms with van der Waals surface area (Å²) in [5.41, 5.74) is -2.06. The van der Waals surface area contributed by atoms with Crippen LogP contribution in [0.4, 0.5) is 0 Å². The van der Waals surface area contributed by atoms with Gasteiger partial charge in [0, 0.05) is 30.6 Å². The highest BCUT2D eigenvalue weighted by atomic mass is 16.7. The first kappa shape index (κ1) is 21.7. The van der Waals surface area contributed by atoms with Gasteiger partial charge in [-0.2, -0.15) is 0 Å². The van der Waals surface area contributed by atoms with Crippen molar-refractivity contribution >= 4 is 11.9 Å². The minimum absolute atomic E-state index is 0.0346. The highest BCUT2D eigenvalue weighted by Crippen LogP contribution is 2.49. The van der Waals surface area contributed by atoms with Crippen LogP contribution in [0.5, 0.6) is 0 Å². The van der Waals surface area contributed by atoms with Gasteiger partial charge < -0.3 is 29.2 Å². The number of carbonyl (C=O) groups excluding carboxylic acids is 2. The second-order valence-corrected chi connectivity index (χ2v) is 8.28. The predicted octanol–water partition coefficient (Wildman–Crippen LogP) is 1.66. The molecule has 8 nitrogen and oxygen atoms in total. The number of hydrogen-bond donors (Lipinski definition) is 2. The fourth-order valence-corrected chi connectivity index (χ4v) is 3.89. The number of rotatable bonds is 5. The molecule has 1 saturated heterocycles. The zero-order valence-corrected chi connectivity index (χ0v) is 17.2. The molecular formula is C21H28O8. The van der Waals surface area contributed by atoms with Crippen molar-refractivity contribution in [3.63, 3.8) is 0 Å². The van der Waals surface area contributed by atoms with Gasteiger partial charge in [-0.1, -0.05) is 6.58 Å². The second kappa shape index (κ2) is 7.36. The van der Waals surface area contributed by atoms with E-state index in [0.717, 1.165) is 0 Å². The van der Waals surface area contributed by atoms with E-state index in [2.05, 4.69) is 6.58 Å². The van der Waals surface area contributed by atoms with Crippen molar-refractivity contribution in [1.29, 1.82) is 0 Å². The summed E-state index contributed by atoms with van der Waals surface area (Å²) in [5, 5.41) is 22.2. The molecule has 0 aromatic carbocycles. The summed E-state index contributed by atoms with van der Waals surface area (Å²) in [5.74, 6) is -2.95. The van der Waals surface area contributed by atoms with E-state index in [1.807, 2.05) is 0 Å². The number of carbonyl (C=O) groups is 2. The summed E-state index contributed by atoms with van der Waals surface area (Å²) in [6.45, 7) is 10.4. The maximum Gasteiger partial charge on any atom is 0.342 e. The summed E-state index contributed by atoms with van der Waals surface area (Å²) < 4.78 is 22.3. The number of esters is 2. The van der Waals surface area contributed by atoms with Crippen LogP contribution in [0.15, 0.2) is 35.1 Å². The van der Waals surface area contributed by atoms with Crippen LogP contribution in [0, 0.1) is 0 Å². The van der Waals surface area contributed by atoms with E-state index >= 15 is 0 Å². The average Bonchev–Trinajstić information content (AvgIpc) is 3.09. The van der Waals surface area contributed by atoms with Gasteiger partial charge in [0.2, 0.25) is 0 Å². The zero-order chi connectivity index (χ0) is 21.6. The first-order valence-electron chi connectivity index (χ1n) is 9.69. The molecule has 2 bridgehead atoms. The maximum atomic E-state index is 12.5. The molecule has 0 spiro atoms. The third kappa shape index (κ3) is 3.90. The lowest BCUT2D eigenvalue weighted by atomic mass is 9.82. The van der Waals surface area contributed by atoms with Crippen LogP contribution in [-0.2, 0) is 28.5 Å². The van der Waals surface area contributed by atoms with Gasteiger partial charge in [-0.15, -0.1) is 0 Å². The molecule has 3 aliphatic heterocycles. The van der Waals surface area contributed by atoms with Gasteiger partial charge >= 0.3 is 11.9 Å². The van der Waals surface area contributed by atoms with Crippen LogP contribution in [0.3, 0.4) is 0 Å². The first-order chi connectivity index (χ1) is 13.4. The van der Waals surface area contributed by atoms with Crippen molar-refractivity contribution in [1.82, 2.24) is 0 Å². The van der Waals surface area contributed by atoms with Crippen LogP contribution in [-0.4, -0.2) is 58.5 Å². The second-order valence-electron chi connectivity index (χ2n) is 8.28. The topological polar surface area (TPSA) is 112 Å². The molecule has 1 fully saturated rings. The van der Waals surface area contributed by atoms with Crippen LogP contribution in [0.1, 0.15) is 47.0 Å². The monoisotopic (exact) mass is 408 g/mol. The molecule has 3 aliphatic rings. The van der Waals surface area contributed by atoms with E-state index in [4.69, 9.17) is 18.9 Å². The number of ether oxygens (including phenoxy) is 4. The Labute approximate surface area is 169 Å². The molecule has 4 atom stereocenters. The standard InChI is InChI=1S/C21H28O8/c1-6-26-11-13-16-14(28-18(13)23)9-19(4)7-8-21(25,29-19)20(5,24)10-15(16)27-17(22)12(2)3/h9,15,24-25H,2,6-8,10-11H2,1,3-5H3/t15-,19-,20-,21-/m1/s1. The smallest absolute Gasteiger partial charge is 0.342 e. The lowest BCUT2D eigenvalue weighted by Crippen LogP contribution is -2.54. The third-order valence-electron chi connectivity index (χ3n) is 5.63. The van der Waals surface area contributed by atoms with Crippen molar-refractivity contribution in [3.8, 4) is 0 Å². The van der Waals surface area contributed by atoms with Crippen LogP contribution in [0.2, 0.25) is 0 Å². The molecule has 0 saturated carbocycles. The number of fused-ring (bicyclic) bond motifs is 3. The summed E-state index contributed by atoms with van der Waals surface area (Å²) in [6, 6.07) is 0. The molecule has 2 N–H and O–H groups in total. The van der Waals surface area contributed by atoms with Gasteiger partial charge in [0.15, 0.2) is 5.79 Å². The van der Waals surface area contributed by atoms with Gasteiger partial charge in [-0.05, 0) is 40.2 Å². The molecule has 0 unspecified atom stereocenters. The van der Waals surface area contributed by atoms with E-state index in [9.17, 15) is 19.8 Å². The van der Waals surface area contributed by atoms with Crippen molar-refractivity contribution < 1.29 is 38.7 Å².